The molecule has 0 saturated heterocycles. The predicted octanol–water partition coefficient (Wildman–Crippen LogP) is 5.92. The second kappa shape index (κ2) is 9.52. The Morgan fingerprint density at radius 3 is 2.73 bits per heavy atom. The maximum Gasteiger partial charge on any atom is 0.230 e. The van der Waals surface area contributed by atoms with Gasteiger partial charge in [0, 0.05) is 28.8 Å². The average molecular weight is 446 g/mol. The number of hydrogen-bond donors (Lipinski definition) is 1. The van der Waals surface area contributed by atoms with Crippen molar-refractivity contribution in [2.24, 2.45) is 0 Å². The summed E-state index contributed by atoms with van der Waals surface area (Å²) in [7, 11) is 0. The zero-order valence-corrected chi connectivity index (χ0v) is 18.9. The minimum atomic E-state index is -0.0718. The molecule has 1 N–H and O–H groups in total. The summed E-state index contributed by atoms with van der Waals surface area (Å²) in [5.41, 5.74) is 2.12. The van der Waals surface area contributed by atoms with E-state index in [1.54, 1.807) is 11.8 Å². The largest absolute Gasteiger partial charge is 0.494 e. The van der Waals surface area contributed by atoms with Gasteiger partial charge in [0.2, 0.25) is 5.91 Å². The van der Waals surface area contributed by atoms with E-state index in [0.29, 0.717) is 23.9 Å². The van der Waals surface area contributed by atoms with Crippen LogP contribution in [0.15, 0.2) is 42.5 Å². The SMILES string of the molecule is CCOc1ccc2c(c1)[C@H](SCC(=O)NCc1ccc(Cl)cc1)CC1(CCCC1)O2. The Morgan fingerprint density at radius 1 is 1.23 bits per heavy atom. The van der Waals surface area contributed by atoms with Crippen molar-refractivity contribution in [1.29, 1.82) is 0 Å². The summed E-state index contributed by atoms with van der Waals surface area (Å²) in [6.07, 6.45) is 5.57. The fourth-order valence-corrected chi connectivity index (χ4v) is 5.72. The first kappa shape index (κ1) is 21.4. The van der Waals surface area contributed by atoms with Crippen molar-refractivity contribution in [3.05, 3.63) is 58.6 Å². The topological polar surface area (TPSA) is 47.6 Å². The van der Waals surface area contributed by atoms with Gasteiger partial charge in [-0.15, -0.1) is 11.8 Å². The van der Waals surface area contributed by atoms with Crippen molar-refractivity contribution in [3.8, 4) is 11.5 Å². The Kier molecular flexibility index (Phi) is 6.79. The van der Waals surface area contributed by atoms with Crippen molar-refractivity contribution in [2.45, 2.75) is 56.4 Å². The third-order valence-corrected chi connectivity index (χ3v) is 7.36. The van der Waals surface area contributed by atoms with Gasteiger partial charge in [-0.05, 0) is 68.5 Å². The number of halogens is 1. The molecule has 0 radical (unpaired) electrons. The van der Waals surface area contributed by atoms with Crippen molar-refractivity contribution < 1.29 is 14.3 Å². The van der Waals surface area contributed by atoms with Gasteiger partial charge in [-0.3, -0.25) is 4.79 Å². The van der Waals surface area contributed by atoms with Crippen LogP contribution in [0.4, 0.5) is 0 Å². The predicted molar refractivity (Wildman–Crippen MR) is 123 cm³/mol. The van der Waals surface area contributed by atoms with Crippen molar-refractivity contribution >= 4 is 29.3 Å². The molecule has 2 aliphatic rings. The van der Waals surface area contributed by atoms with Crippen LogP contribution in [-0.2, 0) is 11.3 Å². The average Bonchev–Trinajstić information content (AvgIpc) is 3.19. The van der Waals surface area contributed by atoms with E-state index in [9.17, 15) is 4.79 Å². The number of carbonyl (C=O) groups is 1. The Balaban J connectivity index is 1.42. The summed E-state index contributed by atoms with van der Waals surface area (Å²) < 4.78 is 12.2. The highest BCUT2D eigenvalue weighted by atomic mass is 35.5. The van der Waals surface area contributed by atoms with E-state index >= 15 is 0 Å². The van der Waals surface area contributed by atoms with Gasteiger partial charge in [0.05, 0.1) is 12.4 Å². The van der Waals surface area contributed by atoms with Gasteiger partial charge in [-0.25, -0.2) is 0 Å². The quantitative estimate of drug-likeness (QED) is 0.574. The molecule has 2 aromatic carbocycles. The normalized spacial score (nSPS) is 19.2. The molecular weight excluding hydrogens is 418 g/mol. The first-order chi connectivity index (χ1) is 14.6. The number of benzene rings is 2. The molecule has 1 aliphatic heterocycles. The molecule has 4 rings (SSSR count). The Hall–Kier alpha value is -1.85. The summed E-state index contributed by atoms with van der Waals surface area (Å²) in [5.74, 6) is 2.28. The molecule has 2 aromatic rings. The molecule has 0 aromatic heterocycles. The number of hydrogen-bond acceptors (Lipinski definition) is 4. The maximum atomic E-state index is 12.5. The standard InChI is InChI=1S/C24H28ClNO3S/c1-2-28-19-9-10-21-20(13-19)22(14-24(29-21)11-3-4-12-24)30-16-23(27)26-15-17-5-7-18(25)8-6-17/h5-10,13,22H,2-4,11-12,14-16H2,1H3,(H,26,27)/t22-/m1/s1. The van der Waals surface area contributed by atoms with Gasteiger partial charge in [0.25, 0.3) is 0 Å². The lowest BCUT2D eigenvalue weighted by Gasteiger charge is -2.40. The fourth-order valence-electron chi connectivity index (χ4n) is 4.35. The highest BCUT2D eigenvalue weighted by Gasteiger charge is 2.43. The number of fused-ring (bicyclic) bond motifs is 1. The molecule has 30 heavy (non-hydrogen) atoms. The first-order valence-corrected chi connectivity index (χ1v) is 12.1. The van der Waals surface area contributed by atoms with Crippen LogP contribution in [0.25, 0.3) is 0 Å². The van der Waals surface area contributed by atoms with E-state index in [4.69, 9.17) is 21.1 Å². The summed E-state index contributed by atoms with van der Waals surface area (Å²) in [5, 5.41) is 3.95. The lowest BCUT2D eigenvalue weighted by Crippen LogP contribution is -2.38. The fraction of sp³-hybridized carbons (Fsp3) is 0.458. The lowest BCUT2D eigenvalue weighted by atomic mass is 9.89. The third kappa shape index (κ3) is 5.06. The Bertz CT molecular complexity index is 881. The number of thioether (sulfide) groups is 1. The van der Waals surface area contributed by atoms with Crippen LogP contribution in [0.1, 0.15) is 55.4 Å². The number of rotatable bonds is 7. The molecule has 4 nitrogen and oxygen atoms in total. The van der Waals surface area contributed by atoms with E-state index in [1.807, 2.05) is 43.3 Å². The van der Waals surface area contributed by atoms with Crippen LogP contribution in [-0.4, -0.2) is 23.9 Å². The van der Waals surface area contributed by atoms with Gasteiger partial charge in [0.15, 0.2) is 0 Å². The second-order valence-electron chi connectivity index (χ2n) is 8.03. The van der Waals surface area contributed by atoms with E-state index in [0.717, 1.165) is 41.9 Å². The van der Waals surface area contributed by atoms with Crippen LogP contribution >= 0.6 is 23.4 Å². The highest BCUT2D eigenvalue weighted by molar-refractivity contribution is 8.00. The highest BCUT2D eigenvalue weighted by Crippen LogP contribution is 2.52. The van der Waals surface area contributed by atoms with Crippen LogP contribution in [0.3, 0.4) is 0 Å². The molecule has 160 valence electrons. The number of nitrogens with one attached hydrogen (secondary N) is 1. The zero-order valence-electron chi connectivity index (χ0n) is 17.3. The monoisotopic (exact) mass is 445 g/mol. The molecular formula is C24H28ClNO3S. The molecule has 0 bridgehead atoms. The second-order valence-corrected chi connectivity index (χ2v) is 9.66. The zero-order chi connectivity index (χ0) is 21.0. The summed E-state index contributed by atoms with van der Waals surface area (Å²) in [6, 6.07) is 13.7. The van der Waals surface area contributed by atoms with E-state index in [-0.39, 0.29) is 16.8 Å². The van der Waals surface area contributed by atoms with Gasteiger partial charge >= 0.3 is 0 Å². The van der Waals surface area contributed by atoms with Crippen LogP contribution in [0.5, 0.6) is 11.5 Å². The Morgan fingerprint density at radius 2 is 2.00 bits per heavy atom. The minimum Gasteiger partial charge on any atom is -0.494 e. The Labute approximate surface area is 187 Å². The third-order valence-electron chi connectivity index (χ3n) is 5.86. The van der Waals surface area contributed by atoms with Crippen LogP contribution in [0.2, 0.25) is 5.02 Å². The lowest BCUT2D eigenvalue weighted by molar-refractivity contribution is -0.118. The van der Waals surface area contributed by atoms with Crippen molar-refractivity contribution in [1.82, 2.24) is 5.32 Å². The van der Waals surface area contributed by atoms with E-state index < -0.39 is 0 Å². The van der Waals surface area contributed by atoms with Crippen molar-refractivity contribution in [2.75, 3.05) is 12.4 Å². The first-order valence-electron chi connectivity index (χ1n) is 10.7. The van der Waals surface area contributed by atoms with Gasteiger partial charge in [-0.1, -0.05) is 23.7 Å². The van der Waals surface area contributed by atoms with Crippen LogP contribution < -0.4 is 14.8 Å². The van der Waals surface area contributed by atoms with Gasteiger partial charge in [0.1, 0.15) is 17.1 Å². The van der Waals surface area contributed by atoms with Gasteiger partial charge in [-0.2, -0.15) is 0 Å². The maximum absolute atomic E-state index is 12.5. The number of ether oxygens (including phenoxy) is 2. The van der Waals surface area contributed by atoms with E-state index in [2.05, 4.69) is 11.4 Å². The molecule has 6 heteroatoms. The molecule has 1 saturated carbocycles. The van der Waals surface area contributed by atoms with Gasteiger partial charge < -0.3 is 14.8 Å². The number of carbonyl (C=O) groups excluding carboxylic acids is 1. The summed E-state index contributed by atoms with van der Waals surface area (Å²) in [4.78, 5) is 12.5. The smallest absolute Gasteiger partial charge is 0.230 e. The van der Waals surface area contributed by atoms with Crippen molar-refractivity contribution in [3.63, 3.8) is 0 Å². The minimum absolute atomic E-state index is 0.0458. The van der Waals surface area contributed by atoms with E-state index in [1.165, 1.54) is 12.8 Å². The molecule has 1 heterocycles. The molecule has 0 unspecified atom stereocenters. The summed E-state index contributed by atoms with van der Waals surface area (Å²) >= 11 is 7.63. The summed E-state index contributed by atoms with van der Waals surface area (Å²) in [6.45, 7) is 3.13. The number of amides is 1. The molecule has 1 aliphatic carbocycles. The molecule has 1 amide bonds. The molecule has 1 fully saturated rings. The molecule has 1 atom stereocenters. The van der Waals surface area contributed by atoms with Crippen LogP contribution in [0, 0.1) is 0 Å². The molecule has 1 spiro atoms.